The van der Waals surface area contributed by atoms with Crippen molar-refractivity contribution in [3.63, 3.8) is 0 Å². The second-order valence-electron chi connectivity index (χ2n) is 7.88. The van der Waals surface area contributed by atoms with Gasteiger partial charge in [-0.1, -0.05) is 42.5 Å². The largest absolute Gasteiger partial charge is 0.497 e. The van der Waals surface area contributed by atoms with Gasteiger partial charge in [0.25, 0.3) is 0 Å². The highest BCUT2D eigenvalue weighted by atomic mass is 16.5. The molecule has 1 amide bonds. The Morgan fingerprint density at radius 1 is 1.00 bits per heavy atom. The predicted molar refractivity (Wildman–Crippen MR) is 118 cm³/mol. The first-order chi connectivity index (χ1) is 14.6. The average Bonchev–Trinajstić information content (AvgIpc) is 2.79. The van der Waals surface area contributed by atoms with Crippen molar-refractivity contribution in [2.24, 2.45) is 0 Å². The van der Waals surface area contributed by atoms with Gasteiger partial charge >= 0.3 is 0 Å². The highest BCUT2D eigenvalue weighted by Gasteiger charge is 2.20. The summed E-state index contributed by atoms with van der Waals surface area (Å²) in [6.45, 7) is 5.15. The molecule has 1 aliphatic rings. The fraction of sp³-hybridized carbons (Fsp3) is 0.458. The smallest absolute Gasteiger partial charge is 0.234 e. The second kappa shape index (κ2) is 11.7. The number of nitrogens with zero attached hydrogens (tertiary/aromatic N) is 2. The summed E-state index contributed by atoms with van der Waals surface area (Å²) in [5.41, 5.74) is 2.32. The van der Waals surface area contributed by atoms with Gasteiger partial charge in [-0.15, -0.1) is 0 Å². The van der Waals surface area contributed by atoms with Crippen molar-refractivity contribution in [2.45, 2.75) is 25.5 Å². The average molecular weight is 412 g/mol. The molecule has 2 N–H and O–H groups in total. The number of ether oxygens (including phenoxy) is 1. The predicted octanol–water partition coefficient (Wildman–Crippen LogP) is 1.92. The Hall–Kier alpha value is -2.41. The van der Waals surface area contributed by atoms with E-state index in [0.717, 1.165) is 50.3 Å². The number of methoxy groups -OCH3 is 1. The summed E-state index contributed by atoms with van der Waals surface area (Å²) in [4.78, 5) is 16.7. The Balaban J connectivity index is 1.30. The first kappa shape index (κ1) is 22.3. The Morgan fingerprint density at radius 2 is 1.67 bits per heavy atom. The van der Waals surface area contributed by atoms with E-state index < -0.39 is 0 Å². The van der Waals surface area contributed by atoms with Crippen LogP contribution in [0.15, 0.2) is 54.6 Å². The van der Waals surface area contributed by atoms with Crippen LogP contribution in [0.5, 0.6) is 5.75 Å². The van der Waals surface area contributed by atoms with Crippen molar-refractivity contribution in [3.8, 4) is 5.75 Å². The molecule has 2 aromatic carbocycles. The highest BCUT2D eigenvalue weighted by molar-refractivity contribution is 5.78. The van der Waals surface area contributed by atoms with Crippen LogP contribution in [0.3, 0.4) is 0 Å². The van der Waals surface area contributed by atoms with Gasteiger partial charge in [-0.3, -0.25) is 14.6 Å². The van der Waals surface area contributed by atoms with Gasteiger partial charge in [0.05, 0.1) is 19.8 Å². The summed E-state index contributed by atoms with van der Waals surface area (Å²) in [5.74, 6) is 0.915. The van der Waals surface area contributed by atoms with Crippen LogP contribution < -0.4 is 10.1 Å². The molecular formula is C24H33N3O3. The monoisotopic (exact) mass is 411 g/mol. The number of piperazine rings is 1. The van der Waals surface area contributed by atoms with Crippen LogP contribution in [0.1, 0.15) is 17.5 Å². The lowest BCUT2D eigenvalue weighted by atomic mass is 10.1. The normalized spacial score (nSPS) is 16.2. The van der Waals surface area contributed by atoms with E-state index >= 15 is 0 Å². The van der Waals surface area contributed by atoms with Gasteiger partial charge in [0, 0.05) is 39.3 Å². The second-order valence-corrected chi connectivity index (χ2v) is 7.88. The van der Waals surface area contributed by atoms with Crippen LogP contribution in [-0.2, 0) is 17.8 Å². The third-order valence-corrected chi connectivity index (χ3v) is 5.56. The van der Waals surface area contributed by atoms with Crippen LogP contribution in [0.4, 0.5) is 0 Å². The summed E-state index contributed by atoms with van der Waals surface area (Å²) < 4.78 is 5.18. The number of benzene rings is 2. The molecule has 6 nitrogen and oxygen atoms in total. The Morgan fingerprint density at radius 3 is 2.33 bits per heavy atom. The van der Waals surface area contributed by atoms with Crippen molar-refractivity contribution in [3.05, 3.63) is 65.7 Å². The molecule has 162 valence electrons. The van der Waals surface area contributed by atoms with Crippen LogP contribution in [0, 0.1) is 0 Å². The van der Waals surface area contributed by atoms with Gasteiger partial charge in [-0.25, -0.2) is 0 Å². The zero-order chi connectivity index (χ0) is 21.2. The number of aryl methyl sites for hydroxylation is 1. The number of carbonyl (C=O) groups is 1. The molecule has 3 rings (SSSR count). The molecular weight excluding hydrogens is 378 g/mol. The number of amides is 1. The summed E-state index contributed by atoms with van der Waals surface area (Å²) in [7, 11) is 1.66. The molecule has 0 aromatic heterocycles. The number of nitrogens with one attached hydrogen (secondary N) is 1. The van der Waals surface area contributed by atoms with Crippen molar-refractivity contribution in [1.82, 2.24) is 15.1 Å². The van der Waals surface area contributed by atoms with Crippen LogP contribution in [0.25, 0.3) is 0 Å². The Bertz CT molecular complexity index is 759. The summed E-state index contributed by atoms with van der Waals surface area (Å²) in [6, 6.07) is 18.0. The summed E-state index contributed by atoms with van der Waals surface area (Å²) in [5, 5.41) is 13.4. The van der Waals surface area contributed by atoms with Crippen molar-refractivity contribution < 1.29 is 14.6 Å². The maximum absolute atomic E-state index is 12.2. The van der Waals surface area contributed by atoms with Gasteiger partial charge in [-0.05, 0) is 36.1 Å². The van der Waals surface area contributed by atoms with Gasteiger partial charge < -0.3 is 15.2 Å². The van der Waals surface area contributed by atoms with Gasteiger partial charge in [0.2, 0.25) is 5.91 Å². The zero-order valence-electron chi connectivity index (χ0n) is 17.8. The van der Waals surface area contributed by atoms with Crippen LogP contribution in [-0.4, -0.2) is 73.3 Å². The SMILES string of the molecule is COc1ccc(CCC(O)CN2CCN(CC(=O)NCc3ccccc3)CC2)cc1. The lowest BCUT2D eigenvalue weighted by Crippen LogP contribution is -2.50. The van der Waals surface area contributed by atoms with E-state index in [1.807, 2.05) is 54.6 Å². The van der Waals surface area contributed by atoms with E-state index in [4.69, 9.17) is 4.74 Å². The molecule has 1 unspecified atom stereocenters. The summed E-state index contributed by atoms with van der Waals surface area (Å²) >= 11 is 0. The van der Waals surface area contributed by atoms with Crippen molar-refractivity contribution in [1.29, 1.82) is 0 Å². The molecule has 6 heteroatoms. The van der Waals surface area contributed by atoms with E-state index in [-0.39, 0.29) is 12.0 Å². The molecule has 1 atom stereocenters. The van der Waals surface area contributed by atoms with Crippen LogP contribution in [0.2, 0.25) is 0 Å². The van der Waals surface area contributed by atoms with E-state index in [0.29, 0.717) is 19.6 Å². The maximum Gasteiger partial charge on any atom is 0.234 e. The minimum Gasteiger partial charge on any atom is -0.497 e. The third-order valence-electron chi connectivity index (χ3n) is 5.56. The molecule has 2 aromatic rings. The minimum atomic E-state index is -0.340. The highest BCUT2D eigenvalue weighted by Crippen LogP contribution is 2.14. The topological polar surface area (TPSA) is 65.0 Å². The zero-order valence-corrected chi connectivity index (χ0v) is 17.8. The number of carbonyl (C=O) groups excluding carboxylic acids is 1. The molecule has 1 aliphatic heterocycles. The number of hydrogen-bond acceptors (Lipinski definition) is 5. The molecule has 1 heterocycles. The van der Waals surface area contributed by atoms with Crippen molar-refractivity contribution in [2.75, 3.05) is 46.4 Å². The van der Waals surface area contributed by atoms with Gasteiger partial charge in [0.15, 0.2) is 0 Å². The fourth-order valence-corrected chi connectivity index (χ4v) is 3.70. The lowest BCUT2D eigenvalue weighted by Gasteiger charge is -2.35. The molecule has 0 spiro atoms. The van der Waals surface area contributed by atoms with E-state index in [2.05, 4.69) is 15.1 Å². The summed E-state index contributed by atoms with van der Waals surface area (Å²) in [6.07, 6.45) is 1.26. The molecule has 30 heavy (non-hydrogen) atoms. The maximum atomic E-state index is 12.2. The fourth-order valence-electron chi connectivity index (χ4n) is 3.70. The lowest BCUT2D eigenvalue weighted by molar-refractivity contribution is -0.122. The Kier molecular flexibility index (Phi) is 8.68. The van der Waals surface area contributed by atoms with Crippen molar-refractivity contribution >= 4 is 5.91 Å². The molecule has 0 aliphatic carbocycles. The number of β-amino-alcohol motifs (C(OH)–C–C–N with tert-alkyl or cyclic N) is 1. The van der Waals surface area contributed by atoms with E-state index in [9.17, 15) is 9.90 Å². The van der Waals surface area contributed by atoms with E-state index in [1.54, 1.807) is 7.11 Å². The molecule has 1 fully saturated rings. The third kappa shape index (κ3) is 7.44. The number of aliphatic hydroxyl groups is 1. The molecule has 1 saturated heterocycles. The molecule has 0 saturated carbocycles. The van der Waals surface area contributed by atoms with E-state index in [1.165, 1.54) is 5.56 Å². The molecule has 0 bridgehead atoms. The standard InChI is InChI=1S/C24H33N3O3/c1-30-23-11-8-20(9-12-23)7-10-22(28)18-26-13-15-27(16-14-26)19-24(29)25-17-21-5-3-2-4-6-21/h2-6,8-9,11-12,22,28H,7,10,13-19H2,1H3,(H,25,29). The number of aliphatic hydroxyl groups excluding tert-OH is 1. The van der Waals surface area contributed by atoms with Gasteiger partial charge in [-0.2, -0.15) is 0 Å². The van der Waals surface area contributed by atoms with Gasteiger partial charge in [0.1, 0.15) is 5.75 Å². The Labute approximate surface area is 179 Å². The first-order valence-corrected chi connectivity index (χ1v) is 10.7. The number of rotatable bonds is 10. The number of hydrogen-bond donors (Lipinski definition) is 2. The van der Waals surface area contributed by atoms with Crippen LogP contribution >= 0.6 is 0 Å². The minimum absolute atomic E-state index is 0.0619. The first-order valence-electron chi connectivity index (χ1n) is 10.7. The quantitative estimate of drug-likeness (QED) is 0.625. The molecule has 0 radical (unpaired) electrons.